The van der Waals surface area contributed by atoms with Gasteiger partial charge in [0.2, 0.25) is 0 Å². The zero-order valence-electron chi connectivity index (χ0n) is 8.50. The van der Waals surface area contributed by atoms with Gasteiger partial charge in [-0.05, 0) is 11.6 Å². The van der Waals surface area contributed by atoms with E-state index in [1.807, 2.05) is 24.3 Å². The van der Waals surface area contributed by atoms with Gasteiger partial charge in [0.15, 0.2) is 0 Å². The molecule has 2 rings (SSSR count). The van der Waals surface area contributed by atoms with Gasteiger partial charge in [-0.1, -0.05) is 18.2 Å². The first kappa shape index (κ1) is 10.7. The van der Waals surface area contributed by atoms with E-state index in [-0.39, 0.29) is 0 Å². The molecule has 1 heterocycles. The highest BCUT2D eigenvalue weighted by Crippen LogP contribution is 2.21. The lowest BCUT2D eigenvalue weighted by Crippen LogP contribution is -1.88. The lowest BCUT2D eigenvalue weighted by atomic mass is 10.1. The lowest BCUT2D eigenvalue weighted by Gasteiger charge is -2.02. The molecule has 0 saturated carbocycles. The summed E-state index contributed by atoms with van der Waals surface area (Å²) in [6, 6.07) is 9.78. The van der Waals surface area contributed by atoms with Gasteiger partial charge in [0.1, 0.15) is 5.03 Å². The third kappa shape index (κ3) is 2.59. The average Bonchev–Trinajstić information content (AvgIpc) is 2.38. The number of benzene rings is 1. The maximum atomic E-state index is 8.93. The average molecular weight is 227 g/mol. The van der Waals surface area contributed by atoms with E-state index < -0.39 is 0 Å². The van der Waals surface area contributed by atoms with E-state index >= 15 is 0 Å². The van der Waals surface area contributed by atoms with Gasteiger partial charge in [-0.3, -0.25) is 4.98 Å². The van der Waals surface area contributed by atoms with Crippen LogP contribution in [0.25, 0.3) is 0 Å². The largest absolute Gasteiger partial charge is 0.260 e. The first-order valence-electron chi connectivity index (χ1n) is 4.77. The molecule has 78 valence electrons. The minimum absolute atomic E-state index is 0.721. The summed E-state index contributed by atoms with van der Waals surface area (Å²) in [5, 5.41) is 9.80. The van der Waals surface area contributed by atoms with Crippen molar-refractivity contribution in [3.05, 3.63) is 54.0 Å². The second-order valence-corrected chi connectivity index (χ2v) is 4.10. The van der Waals surface area contributed by atoms with Gasteiger partial charge in [-0.2, -0.15) is 5.26 Å². The second-order valence-electron chi connectivity index (χ2n) is 3.10. The maximum absolute atomic E-state index is 8.93. The summed E-state index contributed by atoms with van der Waals surface area (Å²) in [4.78, 5) is 8.16. The smallest absolute Gasteiger partial charge is 0.115 e. The van der Waals surface area contributed by atoms with Crippen molar-refractivity contribution in [2.24, 2.45) is 0 Å². The van der Waals surface area contributed by atoms with Crippen LogP contribution in [0.5, 0.6) is 0 Å². The van der Waals surface area contributed by atoms with Gasteiger partial charge in [0.05, 0.1) is 17.8 Å². The van der Waals surface area contributed by atoms with Crippen molar-refractivity contribution >= 4 is 11.8 Å². The minimum Gasteiger partial charge on any atom is -0.260 e. The van der Waals surface area contributed by atoms with Crippen LogP contribution in [0.15, 0.2) is 47.9 Å². The summed E-state index contributed by atoms with van der Waals surface area (Å²) >= 11 is 1.58. The topological polar surface area (TPSA) is 49.6 Å². The Balaban J connectivity index is 2.09. The minimum atomic E-state index is 0.721. The van der Waals surface area contributed by atoms with Gasteiger partial charge in [-0.25, -0.2) is 4.98 Å². The van der Waals surface area contributed by atoms with Crippen molar-refractivity contribution in [3.8, 4) is 6.07 Å². The van der Waals surface area contributed by atoms with E-state index in [4.69, 9.17) is 5.26 Å². The molecule has 0 saturated heterocycles. The van der Waals surface area contributed by atoms with E-state index in [0.717, 1.165) is 21.9 Å². The normalized spacial score (nSPS) is 9.69. The van der Waals surface area contributed by atoms with Crippen LogP contribution in [0.3, 0.4) is 0 Å². The summed E-state index contributed by atoms with van der Waals surface area (Å²) in [5.74, 6) is 0.739. The Bertz CT molecular complexity index is 505. The number of rotatable bonds is 3. The SMILES string of the molecule is N#Cc1ccccc1CSc1cnccn1. The van der Waals surface area contributed by atoms with Gasteiger partial charge < -0.3 is 0 Å². The molecule has 4 heteroatoms. The Morgan fingerprint density at radius 1 is 1.25 bits per heavy atom. The van der Waals surface area contributed by atoms with Crippen molar-refractivity contribution in [1.82, 2.24) is 9.97 Å². The van der Waals surface area contributed by atoms with E-state index in [1.54, 1.807) is 30.4 Å². The fraction of sp³-hybridized carbons (Fsp3) is 0.0833. The molecule has 0 aliphatic heterocycles. The molecule has 16 heavy (non-hydrogen) atoms. The zero-order valence-corrected chi connectivity index (χ0v) is 9.31. The van der Waals surface area contributed by atoms with Crippen molar-refractivity contribution in [2.75, 3.05) is 0 Å². The van der Waals surface area contributed by atoms with E-state index in [1.165, 1.54) is 0 Å². The molecule has 0 N–H and O–H groups in total. The fourth-order valence-corrected chi connectivity index (χ4v) is 2.09. The second kappa shape index (κ2) is 5.29. The predicted octanol–water partition coefficient (Wildman–Crippen LogP) is 2.64. The number of nitrogens with zero attached hydrogens (tertiary/aromatic N) is 3. The number of nitriles is 1. The molecule has 0 atom stereocenters. The molecule has 1 aromatic carbocycles. The Labute approximate surface area is 98.2 Å². The fourth-order valence-electron chi connectivity index (χ4n) is 1.27. The Hall–Kier alpha value is -1.86. The predicted molar refractivity (Wildman–Crippen MR) is 62.8 cm³/mol. The molecule has 0 spiro atoms. The van der Waals surface area contributed by atoms with Crippen molar-refractivity contribution in [1.29, 1.82) is 5.26 Å². The van der Waals surface area contributed by atoms with Crippen LogP contribution >= 0.6 is 11.8 Å². The Morgan fingerprint density at radius 2 is 2.12 bits per heavy atom. The van der Waals surface area contributed by atoms with Crippen molar-refractivity contribution in [2.45, 2.75) is 10.8 Å². The van der Waals surface area contributed by atoms with Crippen LogP contribution in [-0.2, 0) is 5.75 Å². The first-order valence-corrected chi connectivity index (χ1v) is 5.75. The molecule has 0 aliphatic carbocycles. The van der Waals surface area contributed by atoms with Gasteiger partial charge >= 0.3 is 0 Å². The van der Waals surface area contributed by atoms with Crippen LogP contribution in [0.1, 0.15) is 11.1 Å². The van der Waals surface area contributed by atoms with Crippen LogP contribution in [-0.4, -0.2) is 9.97 Å². The number of aromatic nitrogens is 2. The highest BCUT2D eigenvalue weighted by molar-refractivity contribution is 7.98. The summed E-state index contributed by atoms with van der Waals surface area (Å²) in [5.41, 5.74) is 1.75. The van der Waals surface area contributed by atoms with Crippen molar-refractivity contribution < 1.29 is 0 Å². The molecule has 3 nitrogen and oxygen atoms in total. The Morgan fingerprint density at radius 3 is 2.88 bits per heavy atom. The lowest BCUT2D eigenvalue weighted by molar-refractivity contribution is 1.05. The van der Waals surface area contributed by atoms with E-state index in [9.17, 15) is 0 Å². The zero-order chi connectivity index (χ0) is 11.2. The van der Waals surface area contributed by atoms with Crippen LogP contribution < -0.4 is 0 Å². The Kier molecular flexibility index (Phi) is 3.52. The summed E-state index contributed by atoms with van der Waals surface area (Å²) in [6.07, 6.45) is 5.03. The highest BCUT2D eigenvalue weighted by atomic mass is 32.2. The van der Waals surface area contributed by atoms with Gasteiger partial charge in [0.25, 0.3) is 0 Å². The monoisotopic (exact) mass is 227 g/mol. The van der Waals surface area contributed by atoms with Gasteiger partial charge in [-0.15, -0.1) is 11.8 Å². The summed E-state index contributed by atoms with van der Waals surface area (Å²) in [6.45, 7) is 0. The molecule has 0 radical (unpaired) electrons. The molecule has 0 fully saturated rings. The quantitative estimate of drug-likeness (QED) is 0.756. The van der Waals surface area contributed by atoms with Crippen molar-refractivity contribution in [3.63, 3.8) is 0 Å². The molecular weight excluding hydrogens is 218 g/mol. The van der Waals surface area contributed by atoms with E-state index in [0.29, 0.717) is 0 Å². The first-order chi connectivity index (χ1) is 7.90. The number of hydrogen-bond acceptors (Lipinski definition) is 4. The molecule has 1 aromatic heterocycles. The third-order valence-corrected chi connectivity index (χ3v) is 3.01. The summed E-state index contributed by atoms with van der Waals surface area (Å²) < 4.78 is 0. The van der Waals surface area contributed by atoms with Crippen LogP contribution in [0, 0.1) is 11.3 Å². The molecular formula is C12H9N3S. The molecule has 0 bridgehead atoms. The maximum Gasteiger partial charge on any atom is 0.115 e. The van der Waals surface area contributed by atoms with Gasteiger partial charge in [0, 0.05) is 18.1 Å². The number of hydrogen-bond donors (Lipinski definition) is 0. The van der Waals surface area contributed by atoms with Crippen LogP contribution in [0.2, 0.25) is 0 Å². The highest BCUT2D eigenvalue weighted by Gasteiger charge is 2.02. The van der Waals surface area contributed by atoms with Crippen LogP contribution in [0.4, 0.5) is 0 Å². The van der Waals surface area contributed by atoms with E-state index in [2.05, 4.69) is 16.0 Å². The number of thioether (sulfide) groups is 1. The molecule has 0 aliphatic rings. The molecule has 0 unspecified atom stereocenters. The molecule has 0 amide bonds. The third-order valence-electron chi connectivity index (χ3n) is 2.05. The molecule has 2 aromatic rings. The summed E-state index contributed by atoms with van der Waals surface area (Å²) in [7, 11) is 0. The standard InChI is InChI=1S/C12H9N3S/c13-7-10-3-1-2-4-11(10)9-16-12-8-14-5-6-15-12/h1-6,8H,9H2.